The number of aromatic hydroxyl groups is 1. The minimum atomic E-state index is -1.32. The Labute approximate surface area is 115 Å². The maximum absolute atomic E-state index is 13.3. The third kappa shape index (κ3) is 3.06. The molecule has 5 heteroatoms. The first kappa shape index (κ1) is 13.9. The molecule has 0 aliphatic carbocycles. The van der Waals surface area contributed by atoms with E-state index in [0.29, 0.717) is 17.8 Å². The second kappa shape index (κ2) is 5.61. The Morgan fingerprint density at radius 1 is 1.25 bits per heavy atom. The number of nitrogens with one attached hydrogen (secondary N) is 1. The molecule has 0 bridgehead atoms. The van der Waals surface area contributed by atoms with Crippen molar-refractivity contribution < 1.29 is 19.4 Å². The SMILES string of the molecule is Cc1ccc(O)c(CNc2ccc(F)c(C(=O)O)c2)c1. The first-order chi connectivity index (χ1) is 9.47. The molecule has 20 heavy (non-hydrogen) atoms. The van der Waals surface area contributed by atoms with Gasteiger partial charge in [-0.15, -0.1) is 0 Å². The minimum Gasteiger partial charge on any atom is -0.508 e. The smallest absolute Gasteiger partial charge is 0.338 e. The maximum Gasteiger partial charge on any atom is 0.338 e. The van der Waals surface area contributed by atoms with Crippen LogP contribution in [0.3, 0.4) is 0 Å². The Hall–Kier alpha value is -2.56. The Kier molecular flexibility index (Phi) is 3.89. The molecule has 0 amide bonds. The fraction of sp³-hybridized carbons (Fsp3) is 0.133. The summed E-state index contributed by atoms with van der Waals surface area (Å²) < 4.78 is 13.3. The zero-order chi connectivity index (χ0) is 14.7. The van der Waals surface area contributed by atoms with E-state index in [9.17, 15) is 14.3 Å². The molecule has 0 aromatic heterocycles. The normalized spacial score (nSPS) is 10.3. The largest absolute Gasteiger partial charge is 0.508 e. The van der Waals surface area contributed by atoms with Crippen molar-refractivity contribution in [1.29, 1.82) is 0 Å². The van der Waals surface area contributed by atoms with Crippen molar-refractivity contribution in [3.05, 3.63) is 58.9 Å². The Morgan fingerprint density at radius 2 is 2.00 bits per heavy atom. The lowest BCUT2D eigenvalue weighted by molar-refractivity contribution is 0.0692. The van der Waals surface area contributed by atoms with Gasteiger partial charge in [0.25, 0.3) is 0 Å². The van der Waals surface area contributed by atoms with E-state index in [1.807, 2.05) is 13.0 Å². The van der Waals surface area contributed by atoms with E-state index in [2.05, 4.69) is 5.32 Å². The first-order valence-corrected chi connectivity index (χ1v) is 6.02. The van der Waals surface area contributed by atoms with Crippen LogP contribution in [0.5, 0.6) is 5.75 Å². The van der Waals surface area contributed by atoms with Crippen molar-refractivity contribution in [2.45, 2.75) is 13.5 Å². The lowest BCUT2D eigenvalue weighted by Crippen LogP contribution is -2.04. The van der Waals surface area contributed by atoms with Gasteiger partial charge in [-0.1, -0.05) is 17.7 Å². The second-order valence-electron chi connectivity index (χ2n) is 4.49. The topological polar surface area (TPSA) is 69.6 Å². The highest BCUT2D eigenvalue weighted by Gasteiger charge is 2.11. The number of benzene rings is 2. The average Bonchev–Trinajstić information content (AvgIpc) is 2.41. The van der Waals surface area contributed by atoms with Gasteiger partial charge in [-0.25, -0.2) is 9.18 Å². The van der Waals surface area contributed by atoms with Crippen LogP contribution in [0.4, 0.5) is 10.1 Å². The van der Waals surface area contributed by atoms with Crippen LogP contribution in [0, 0.1) is 12.7 Å². The molecule has 0 aliphatic heterocycles. The lowest BCUT2D eigenvalue weighted by atomic mass is 10.1. The van der Waals surface area contributed by atoms with Crippen LogP contribution < -0.4 is 5.32 Å². The van der Waals surface area contributed by atoms with Crippen LogP contribution in [-0.4, -0.2) is 16.2 Å². The van der Waals surface area contributed by atoms with E-state index >= 15 is 0 Å². The van der Waals surface area contributed by atoms with Gasteiger partial charge in [0.2, 0.25) is 0 Å². The summed E-state index contributed by atoms with van der Waals surface area (Å²) in [5.41, 5.74) is 1.78. The fourth-order valence-corrected chi connectivity index (χ4v) is 1.85. The monoisotopic (exact) mass is 275 g/mol. The van der Waals surface area contributed by atoms with Crippen molar-refractivity contribution in [3.63, 3.8) is 0 Å². The number of phenolic OH excluding ortho intramolecular Hbond substituents is 1. The maximum atomic E-state index is 13.3. The molecule has 3 N–H and O–H groups in total. The molecular formula is C15H14FNO3. The van der Waals surface area contributed by atoms with Gasteiger partial charge >= 0.3 is 5.97 Å². The molecule has 0 unspecified atom stereocenters. The zero-order valence-corrected chi connectivity index (χ0v) is 10.9. The summed E-state index contributed by atoms with van der Waals surface area (Å²) in [5.74, 6) is -1.94. The minimum absolute atomic E-state index is 0.156. The van der Waals surface area contributed by atoms with Gasteiger partial charge in [-0.3, -0.25) is 0 Å². The van der Waals surface area contributed by atoms with Crippen LogP contribution in [0.15, 0.2) is 36.4 Å². The molecule has 0 atom stereocenters. The van der Waals surface area contributed by atoms with Gasteiger partial charge in [0.1, 0.15) is 11.6 Å². The Balaban J connectivity index is 2.17. The molecule has 0 spiro atoms. The third-order valence-electron chi connectivity index (χ3n) is 2.91. The molecule has 104 valence electrons. The summed E-state index contributed by atoms with van der Waals surface area (Å²) in [6.07, 6.45) is 0. The van der Waals surface area contributed by atoms with E-state index in [0.717, 1.165) is 11.6 Å². The molecule has 0 saturated heterocycles. The van der Waals surface area contributed by atoms with E-state index in [4.69, 9.17) is 5.11 Å². The summed E-state index contributed by atoms with van der Waals surface area (Å²) in [5, 5.41) is 21.5. The van der Waals surface area contributed by atoms with Crippen LogP contribution in [-0.2, 0) is 6.54 Å². The van der Waals surface area contributed by atoms with E-state index < -0.39 is 11.8 Å². The predicted octanol–water partition coefficient (Wildman–Crippen LogP) is 3.15. The molecule has 0 aliphatic rings. The molecular weight excluding hydrogens is 261 g/mol. The number of aromatic carboxylic acids is 1. The average molecular weight is 275 g/mol. The van der Waals surface area contributed by atoms with E-state index in [-0.39, 0.29) is 11.3 Å². The van der Waals surface area contributed by atoms with E-state index in [1.54, 1.807) is 12.1 Å². The van der Waals surface area contributed by atoms with Crippen LogP contribution in [0.1, 0.15) is 21.5 Å². The number of carboxylic acid groups (broad SMARTS) is 1. The summed E-state index contributed by atoms with van der Waals surface area (Å²) in [4.78, 5) is 10.8. The number of aryl methyl sites for hydroxylation is 1. The number of anilines is 1. The summed E-state index contributed by atoms with van der Waals surface area (Å²) in [6, 6.07) is 8.99. The molecule has 0 heterocycles. The standard InChI is InChI=1S/C15H14FNO3/c1-9-2-5-14(18)10(6-9)8-17-11-3-4-13(16)12(7-11)15(19)20/h2-7,17-18H,8H2,1H3,(H,19,20). The number of carbonyl (C=O) groups is 1. The fourth-order valence-electron chi connectivity index (χ4n) is 1.85. The van der Waals surface area contributed by atoms with Gasteiger partial charge in [0.05, 0.1) is 5.56 Å². The highest BCUT2D eigenvalue weighted by atomic mass is 19.1. The summed E-state index contributed by atoms with van der Waals surface area (Å²) in [7, 11) is 0. The molecule has 0 radical (unpaired) electrons. The first-order valence-electron chi connectivity index (χ1n) is 6.02. The summed E-state index contributed by atoms with van der Waals surface area (Å²) in [6.45, 7) is 2.22. The number of hydrogen-bond donors (Lipinski definition) is 3. The quantitative estimate of drug-likeness (QED) is 0.801. The van der Waals surface area contributed by atoms with Gasteiger partial charge in [0, 0.05) is 17.8 Å². The molecule has 2 aromatic carbocycles. The zero-order valence-electron chi connectivity index (χ0n) is 10.9. The van der Waals surface area contributed by atoms with Crippen molar-refractivity contribution >= 4 is 11.7 Å². The van der Waals surface area contributed by atoms with Crippen molar-refractivity contribution in [2.24, 2.45) is 0 Å². The van der Waals surface area contributed by atoms with Crippen molar-refractivity contribution in [1.82, 2.24) is 0 Å². The highest BCUT2D eigenvalue weighted by Crippen LogP contribution is 2.21. The van der Waals surface area contributed by atoms with Gasteiger partial charge in [-0.2, -0.15) is 0 Å². The second-order valence-corrected chi connectivity index (χ2v) is 4.49. The van der Waals surface area contributed by atoms with Crippen molar-refractivity contribution in [3.8, 4) is 5.75 Å². The number of phenols is 1. The molecule has 2 aromatic rings. The summed E-state index contributed by atoms with van der Waals surface area (Å²) >= 11 is 0. The van der Waals surface area contributed by atoms with E-state index in [1.165, 1.54) is 12.1 Å². The molecule has 2 rings (SSSR count). The van der Waals surface area contributed by atoms with Crippen LogP contribution in [0.25, 0.3) is 0 Å². The lowest BCUT2D eigenvalue weighted by Gasteiger charge is -2.10. The van der Waals surface area contributed by atoms with Gasteiger partial charge in [0.15, 0.2) is 0 Å². The van der Waals surface area contributed by atoms with Crippen molar-refractivity contribution in [2.75, 3.05) is 5.32 Å². The van der Waals surface area contributed by atoms with Crippen LogP contribution in [0.2, 0.25) is 0 Å². The predicted molar refractivity (Wildman–Crippen MR) is 73.5 cm³/mol. The molecule has 4 nitrogen and oxygen atoms in total. The third-order valence-corrected chi connectivity index (χ3v) is 2.91. The number of halogens is 1. The molecule has 0 saturated carbocycles. The van der Waals surface area contributed by atoms with Gasteiger partial charge < -0.3 is 15.5 Å². The Bertz CT molecular complexity index is 656. The number of carboxylic acids is 1. The Morgan fingerprint density at radius 3 is 2.70 bits per heavy atom. The van der Waals surface area contributed by atoms with Crippen LogP contribution >= 0.6 is 0 Å². The van der Waals surface area contributed by atoms with Gasteiger partial charge in [-0.05, 0) is 31.2 Å². The number of rotatable bonds is 4. The highest BCUT2D eigenvalue weighted by molar-refractivity contribution is 5.89. The molecule has 0 fully saturated rings. The number of hydrogen-bond acceptors (Lipinski definition) is 3.